The molecule has 0 aliphatic carbocycles. The molecule has 0 radical (unpaired) electrons. The van der Waals surface area contributed by atoms with Crippen molar-refractivity contribution in [2.45, 2.75) is 117 Å². The summed E-state index contributed by atoms with van der Waals surface area (Å²) in [4.78, 5) is 42.2. The van der Waals surface area contributed by atoms with Crippen molar-refractivity contribution in [3.63, 3.8) is 0 Å². The van der Waals surface area contributed by atoms with Crippen molar-refractivity contribution in [2.75, 3.05) is 18.6 Å². The van der Waals surface area contributed by atoms with Crippen LogP contribution in [0.1, 0.15) is 105 Å². The molecule has 2 atom stereocenters. The van der Waals surface area contributed by atoms with Crippen molar-refractivity contribution in [2.24, 2.45) is 0 Å². The molecule has 3 N–H and O–H groups in total. The van der Waals surface area contributed by atoms with E-state index in [0.29, 0.717) is 24.3 Å². The van der Waals surface area contributed by atoms with Gasteiger partial charge in [-0.2, -0.15) is 11.8 Å². The Hall–Kier alpha value is -2.42. The summed E-state index contributed by atoms with van der Waals surface area (Å²) >= 11 is 1.58. The zero-order valence-corrected chi connectivity index (χ0v) is 26.1. The van der Waals surface area contributed by atoms with E-state index in [0.717, 1.165) is 32.1 Å². The molecule has 0 saturated heterocycles. The standard InChI is InChI=1S/C30H51N3O5S/c1-9-10-11-12-13-14-20-33(27(36)24(19-21-39-8)31-28(37)38-30(5,6)7)25(26(35)32-29(2,3)4)22-15-17-23(34)18-16-22/h15-18,24-25,34H,9-14,19-21H2,1-8H3,(H,31,37)(H,32,35). The molecule has 0 heterocycles. The number of benzene rings is 1. The minimum Gasteiger partial charge on any atom is -0.508 e. The van der Waals surface area contributed by atoms with Gasteiger partial charge in [-0.15, -0.1) is 0 Å². The zero-order chi connectivity index (χ0) is 29.6. The van der Waals surface area contributed by atoms with Gasteiger partial charge in [0.1, 0.15) is 23.4 Å². The first-order valence-corrected chi connectivity index (χ1v) is 15.5. The molecular weight excluding hydrogens is 514 g/mol. The van der Waals surface area contributed by atoms with Crippen LogP contribution >= 0.6 is 11.8 Å². The average molecular weight is 566 g/mol. The summed E-state index contributed by atoms with van der Waals surface area (Å²) < 4.78 is 5.45. The highest BCUT2D eigenvalue weighted by Crippen LogP contribution is 2.27. The Kier molecular flexibility index (Phi) is 14.8. The molecule has 39 heavy (non-hydrogen) atoms. The van der Waals surface area contributed by atoms with E-state index in [1.165, 1.54) is 18.6 Å². The number of carbonyl (C=O) groups is 3. The third-order valence-electron chi connectivity index (χ3n) is 5.90. The fourth-order valence-electron chi connectivity index (χ4n) is 4.14. The molecule has 1 rings (SSSR count). The van der Waals surface area contributed by atoms with Gasteiger partial charge in [0, 0.05) is 12.1 Å². The van der Waals surface area contributed by atoms with Gasteiger partial charge in [0.15, 0.2) is 0 Å². The Morgan fingerprint density at radius 1 is 0.974 bits per heavy atom. The van der Waals surface area contributed by atoms with Crippen LogP contribution in [0.5, 0.6) is 5.75 Å². The quantitative estimate of drug-likeness (QED) is 0.219. The van der Waals surface area contributed by atoms with Crippen LogP contribution in [0.25, 0.3) is 0 Å². The zero-order valence-electron chi connectivity index (χ0n) is 25.3. The summed E-state index contributed by atoms with van der Waals surface area (Å²) in [6.07, 6.45) is 7.84. The first-order chi connectivity index (χ1) is 18.2. The van der Waals surface area contributed by atoms with E-state index < -0.39 is 29.3 Å². The number of nitrogens with zero attached hydrogens (tertiary/aromatic N) is 1. The lowest BCUT2D eigenvalue weighted by molar-refractivity contribution is -0.143. The van der Waals surface area contributed by atoms with Crippen molar-refractivity contribution in [3.8, 4) is 5.75 Å². The minimum absolute atomic E-state index is 0.0759. The molecule has 3 amide bonds. The number of carbonyl (C=O) groups excluding carboxylic acids is 3. The highest BCUT2D eigenvalue weighted by Gasteiger charge is 2.37. The van der Waals surface area contributed by atoms with E-state index in [-0.39, 0.29) is 17.6 Å². The number of phenolic OH excluding ortho intramolecular Hbond substituents is 1. The fraction of sp³-hybridized carbons (Fsp3) is 0.700. The van der Waals surface area contributed by atoms with Crippen LogP contribution in [0.15, 0.2) is 24.3 Å². The van der Waals surface area contributed by atoms with E-state index in [1.807, 2.05) is 27.0 Å². The topological polar surface area (TPSA) is 108 Å². The Morgan fingerprint density at radius 3 is 2.10 bits per heavy atom. The molecule has 0 spiro atoms. The van der Waals surface area contributed by atoms with Gasteiger partial charge < -0.3 is 25.4 Å². The summed E-state index contributed by atoms with van der Waals surface area (Å²) in [5, 5.41) is 15.7. The number of rotatable bonds is 15. The molecule has 0 aliphatic rings. The molecule has 8 nitrogen and oxygen atoms in total. The second-order valence-corrected chi connectivity index (χ2v) is 13.0. The maximum absolute atomic E-state index is 14.2. The van der Waals surface area contributed by atoms with E-state index in [1.54, 1.807) is 49.6 Å². The second-order valence-electron chi connectivity index (χ2n) is 12.0. The van der Waals surface area contributed by atoms with Crippen LogP contribution in [-0.4, -0.2) is 63.6 Å². The van der Waals surface area contributed by atoms with Gasteiger partial charge in [-0.1, -0.05) is 51.2 Å². The van der Waals surface area contributed by atoms with E-state index in [4.69, 9.17) is 4.74 Å². The SMILES string of the molecule is CCCCCCCCN(C(=O)C(CCSC)NC(=O)OC(C)(C)C)C(C(=O)NC(C)(C)C)c1ccc(O)cc1. The lowest BCUT2D eigenvalue weighted by Gasteiger charge is -2.36. The molecule has 0 saturated carbocycles. The van der Waals surface area contributed by atoms with Gasteiger partial charge in [-0.25, -0.2) is 4.79 Å². The first-order valence-electron chi connectivity index (χ1n) is 14.1. The van der Waals surface area contributed by atoms with Gasteiger partial charge >= 0.3 is 6.09 Å². The van der Waals surface area contributed by atoms with Gasteiger partial charge in [-0.3, -0.25) is 9.59 Å². The maximum Gasteiger partial charge on any atom is 0.408 e. The highest BCUT2D eigenvalue weighted by molar-refractivity contribution is 7.98. The van der Waals surface area contributed by atoms with Crippen LogP contribution in [-0.2, 0) is 14.3 Å². The summed E-state index contributed by atoms with van der Waals surface area (Å²) in [5.74, 6) is 0.0840. The van der Waals surface area contributed by atoms with E-state index >= 15 is 0 Å². The lowest BCUT2D eigenvalue weighted by Crippen LogP contribution is -2.55. The molecular formula is C30H51N3O5S. The normalized spacial score (nSPS) is 13.3. The number of alkyl carbamates (subject to hydrolysis) is 1. The minimum atomic E-state index is -0.926. The molecule has 0 bridgehead atoms. The van der Waals surface area contributed by atoms with Gasteiger partial charge in [0.2, 0.25) is 11.8 Å². The second kappa shape index (κ2) is 16.6. The van der Waals surface area contributed by atoms with Crippen LogP contribution in [0.3, 0.4) is 0 Å². The summed E-state index contributed by atoms with van der Waals surface area (Å²) in [6.45, 7) is 13.5. The Labute approximate surface area is 240 Å². The predicted octanol–water partition coefficient (Wildman–Crippen LogP) is 6.18. The number of unbranched alkanes of at least 4 members (excludes halogenated alkanes) is 5. The van der Waals surface area contributed by atoms with Crippen molar-refractivity contribution in [3.05, 3.63) is 29.8 Å². The number of ether oxygens (including phenoxy) is 1. The Morgan fingerprint density at radius 2 is 1.56 bits per heavy atom. The van der Waals surface area contributed by atoms with Crippen molar-refractivity contribution in [1.82, 2.24) is 15.5 Å². The van der Waals surface area contributed by atoms with E-state index in [9.17, 15) is 19.5 Å². The summed E-state index contributed by atoms with van der Waals surface area (Å²) in [6, 6.07) is 4.60. The van der Waals surface area contributed by atoms with Crippen molar-refractivity contribution < 1.29 is 24.2 Å². The fourth-order valence-corrected chi connectivity index (χ4v) is 4.61. The number of thioether (sulfide) groups is 1. The first kappa shape index (κ1) is 34.6. The molecule has 0 fully saturated rings. The maximum atomic E-state index is 14.2. The summed E-state index contributed by atoms with van der Waals surface area (Å²) in [7, 11) is 0. The van der Waals surface area contributed by atoms with Crippen LogP contribution in [0.2, 0.25) is 0 Å². The average Bonchev–Trinajstić information content (AvgIpc) is 2.81. The lowest BCUT2D eigenvalue weighted by atomic mass is 9.99. The number of amides is 3. The van der Waals surface area contributed by atoms with Crippen molar-refractivity contribution >= 4 is 29.7 Å². The molecule has 9 heteroatoms. The third-order valence-corrected chi connectivity index (χ3v) is 6.55. The van der Waals surface area contributed by atoms with Gasteiger partial charge in [0.05, 0.1) is 0 Å². The molecule has 2 unspecified atom stereocenters. The molecule has 0 aliphatic heterocycles. The smallest absolute Gasteiger partial charge is 0.408 e. The molecule has 0 aromatic heterocycles. The Bertz CT molecular complexity index is 893. The van der Waals surface area contributed by atoms with Crippen molar-refractivity contribution in [1.29, 1.82) is 0 Å². The van der Waals surface area contributed by atoms with Gasteiger partial charge in [-0.05, 0) is 84.1 Å². The van der Waals surface area contributed by atoms with Crippen LogP contribution in [0.4, 0.5) is 4.79 Å². The monoisotopic (exact) mass is 565 g/mol. The van der Waals surface area contributed by atoms with E-state index in [2.05, 4.69) is 17.6 Å². The number of nitrogens with one attached hydrogen (secondary N) is 2. The molecule has 1 aromatic carbocycles. The third kappa shape index (κ3) is 14.0. The largest absolute Gasteiger partial charge is 0.508 e. The molecule has 1 aromatic rings. The molecule has 222 valence electrons. The number of hydrogen-bond donors (Lipinski definition) is 3. The summed E-state index contributed by atoms with van der Waals surface area (Å²) in [5.41, 5.74) is -0.639. The number of phenols is 1. The highest BCUT2D eigenvalue weighted by atomic mass is 32.2. The number of hydrogen-bond acceptors (Lipinski definition) is 6. The number of aromatic hydroxyl groups is 1. The van der Waals surface area contributed by atoms with Crippen LogP contribution < -0.4 is 10.6 Å². The Balaban J connectivity index is 3.43. The van der Waals surface area contributed by atoms with Gasteiger partial charge in [0.25, 0.3) is 0 Å². The van der Waals surface area contributed by atoms with Crippen LogP contribution in [0, 0.1) is 0 Å². The predicted molar refractivity (Wildman–Crippen MR) is 160 cm³/mol.